The number of nitrogens with zero attached hydrogens (tertiary/aromatic N) is 1. The van der Waals surface area contributed by atoms with Gasteiger partial charge in [0.2, 0.25) is 10.0 Å². The van der Waals surface area contributed by atoms with E-state index in [1.54, 1.807) is 0 Å². The van der Waals surface area contributed by atoms with Gasteiger partial charge in [-0.1, -0.05) is 6.07 Å². The van der Waals surface area contributed by atoms with E-state index in [9.17, 15) is 8.42 Å². The fourth-order valence-electron chi connectivity index (χ4n) is 3.17. The van der Waals surface area contributed by atoms with Crippen LogP contribution in [0.3, 0.4) is 0 Å². The van der Waals surface area contributed by atoms with E-state index >= 15 is 0 Å². The largest absolute Gasteiger partial charge is 0.361 e. The molecule has 2 aromatic rings. The molecular weight excluding hydrogens is 298 g/mol. The maximum absolute atomic E-state index is 11.7. The zero-order valence-corrected chi connectivity index (χ0v) is 14.1. The number of nitrogens with one attached hydrogen (secondary N) is 2. The van der Waals surface area contributed by atoms with Crippen molar-refractivity contribution in [1.82, 2.24) is 14.6 Å². The Morgan fingerprint density at radius 2 is 2.05 bits per heavy atom. The minimum Gasteiger partial charge on any atom is -0.361 e. The molecule has 1 fully saturated rings. The van der Waals surface area contributed by atoms with Crippen molar-refractivity contribution < 1.29 is 8.42 Å². The van der Waals surface area contributed by atoms with Crippen molar-refractivity contribution in [3.63, 3.8) is 0 Å². The SMILES string of the molecule is CNS(=O)(=O)Cc1ccc2[nH]cc([C@H]3C[C@H](N(C)C)C3)c2c1. The van der Waals surface area contributed by atoms with E-state index in [1.807, 2.05) is 18.2 Å². The van der Waals surface area contributed by atoms with Crippen LogP contribution in [0.1, 0.15) is 29.9 Å². The molecule has 5 nitrogen and oxygen atoms in total. The summed E-state index contributed by atoms with van der Waals surface area (Å²) in [6.45, 7) is 0. The highest BCUT2D eigenvalue weighted by Gasteiger charge is 2.33. The third kappa shape index (κ3) is 2.91. The molecule has 1 heterocycles. The molecule has 0 atom stereocenters. The van der Waals surface area contributed by atoms with Gasteiger partial charge in [0, 0.05) is 23.1 Å². The summed E-state index contributed by atoms with van der Waals surface area (Å²) < 4.78 is 25.8. The van der Waals surface area contributed by atoms with Crippen LogP contribution in [0.2, 0.25) is 0 Å². The molecule has 0 amide bonds. The topological polar surface area (TPSA) is 65.2 Å². The van der Waals surface area contributed by atoms with Crippen LogP contribution in [0.5, 0.6) is 0 Å². The molecule has 120 valence electrons. The Hall–Kier alpha value is -1.37. The minimum atomic E-state index is -3.24. The van der Waals surface area contributed by atoms with Gasteiger partial charge in [-0.2, -0.15) is 0 Å². The van der Waals surface area contributed by atoms with Gasteiger partial charge in [-0.05, 0) is 63.2 Å². The van der Waals surface area contributed by atoms with Gasteiger partial charge in [0.1, 0.15) is 0 Å². The van der Waals surface area contributed by atoms with Crippen LogP contribution >= 0.6 is 0 Å². The van der Waals surface area contributed by atoms with Crippen molar-refractivity contribution in [2.45, 2.75) is 30.6 Å². The smallest absolute Gasteiger partial charge is 0.215 e. The Labute approximate surface area is 131 Å². The minimum absolute atomic E-state index is 0.0229. The Bertz CT molecular complexity index is 774. The summed E-state index contributed by atoms with van der Waals surface area (Å²) in [6.07, 6.45) is 4.41. The highest BCUT2D eigenvalue weighted by Crippen LogP contribution is 2.41. The predicted molar refractivity (Wildman–Crippen MR) is 89.4 cm³/mol. The third-order valence-electron chi connectivity index (χ3n) is 4.73. The molecule has 1 aliphatic rings. The lowest BCUT2D eigenvalue weighted by atomic mass is 9.75. The summed E-state index contributed by atoms with van der Waals surface area (Å²) in [4.78, 5) is 5.58. The van der Waals surface area contributed by atoms with E-state index in [1.165, 1.54) is 25.5 Å². The van der Waals surface area contributed by atoms with Crippen LogP contribution in [0.25, 0.3) is 10.9 Å². The zero-order chi connectivity index (χ0) is 15.9. The van der Waals surface area contributed by atoms with Crippen LogP contribution < -0.4 is 4.72 Å². The summed E-state index contributed by atoms with van der Waals surface area (Å²) in [7, 11) is 2.46. The lowest BCUT2D eigenvalue weighted by Crippen LogP contribution is -2.39. The molecule has 1 aliphatic carbocycles. The summed E-state index contributed by atoms with van der Waals surface area (Å²) in [6, 6.07) is 6.52. The van der Waals surface area contributed by atoms with E-state index in [-0.39, 0.29) is 5.75 Å². The maximum atomic E-state index is 11.7. The molecule has 2 N–H and O–H groups in total. The second-order valence-electron chi connectivity index (χ2n) is 6.37. The highest BCUT2D eigenvalue weighted by molar-refractivity contribution is 7.88. The van der Waals surface area contributed by atoms with E-state index < -0.39 is 10.0 Å². The molecule has 3 rings (SSSR count). The first kappa shape index (κ1) is 15.5. The van der Waals surface area contributed by atoms with Gasteiger partial charge in [-0.25, -0.2) is 13.1 Å². The first-order chi connectivity index (χ1) is 10.4. The van der Waals surface area contributed by atoms with E-state index in [0.717, 1.165) is 16.5 Å². The molecule has 0 bridgehead atoms. The normalized spacial score (nSPS) is 22.2. The first-order valence-corrected chi connectivity index (χ1v) is 9.22. The van der Waals surface area contributed by atoms with Crippen LogP contribution in [-0.4, -0.2) is 45.5 Å². The van der Waals surface area contributed by atoms with Crippen LogP contribution in [0.15, 0.2) is 24.4 Å². The highest BCUT2D eigenvalue weighted by atomic mass is 32.2. The van der Waals surface area contributed by atoms with Gasteiger partial charge >= 0.3 is 0 Å². The second kappa shape index (κ2) is 5.68. The van der Waals surface area contributed by atoms with Gasteiger partial charge in [-0.15, -0.1) is 0 Å². The summed E-state index contributed by atoms with van der Waals surface area (Å²) >= 11 is 0. The lowest BCUT2D eigenvalue weighted by Gasteiger charge is -2.39. The van der Waals surface area contributed by atoms with Crippen molar-refractivity contribution in [3.05, 3.63) is 35.5 Å². The van der Waals surface area contributed by atoms with Crippen molar-refractivity contribution in [3.8, 4) is 0 Å². The molecule has 0 aliphatic heterocycles. The maximum Gasteiger partial charge on any atom is 0.215 e. The number of fused-ring (bicyclic) bond motifs is 1. The number of rotatable bonds is 5. The number of aromatic amines is 1. The number of aromatic nitrogens is 1. The van der Waals surface area contributed by atoms with Crippen LogP contribution in [0, 0.1) is 0 Å². The van der Waals surface area contributed by atoms with Crippen molar-refractivity contribution in [1.29, 1.82) is 0 Å². The standard InChI is InChI=1S/C16H23N3O2S/c1-17-22(20,21)10-11-4-5-16-14(6-11)15(9-18-16)12-7-13(8-12)19(2)3/h4-6,9,12-13,17-18H,7-8,10H2,1-3H3/t12-,13-. The van der Waals surface area contributed by atoms with E-state index in [2.05, 4.69) is 34.9 Å². The number of sulfonamides is 1. The molecule has 6 heteroatoms. The molecule has 1 aromatic carbocycles. The van der Waals surface area contributed by atoms with Gasteiger partial charge in [0.15, 0.2) is 0 Å². The van der Waals surface area contributed by atoms with Crippen LogP contribution in [-0.2, 0) is 15.8 Å². The Balaban J connectivity index is 1.87. The Morgan fingerprint density at radius 3 is 2.68 bits per heavy atom. The number of benzene rings is 1. The predicted octanol–water partition coefficient (Wildman–Crippen LogP) is 2.02. The lowest BCUT2D eigenvalue weighted by molar-refractivity contribution is 0.167. The Kier molecular flexibility index (Phi) is 4.01. The number of hydrogen-bond donors (Lipinski definition) is 2. The first-order valence-electron chi connectivity index (χ1n) is 7.57. The number of hydrogen-bond acceptors (Lipinski definition) is 3. The number of H-pyrrole nitrogens is 1. The van der Waals surface area contributed by atoms with E-state index in [0.29, 0.717) is 12.0 Å². The van der Waals surface area contributed by atoms with Crippen molar-refractivity contribution >= 4 is 20.9 Å². The van der Waals surface area contributed by atoms with Gasteiger partial charge in [-0.3, -0.25) is 0 Å². The molecule has 1 aromatic heterocycles. The van der Waals surface area contributed by atoms with Gasteiger partial charge in [0.05, 0.1) is 5.75 Å². The van der Waals surface area contributed by atoms with Crippen molar-refractivity contribution in [2.24, 2.45) is 0 Å². The monoisotopic (exact) mass is 321 g/mol. The van der Waals surface area contributed by atoms with Gasteiger partial charge < -0.3 is 9.88 Å². The molecule has 0 saturated heterocycles. The zero-order valence-electron chi connectivity index (χ0n) is 13.3. The average molecular weight is 321 g/mol. The average Bonchev–Trinajstić information content (AvgIpc) is 2.80. The molecule has 0 spiro atoms. The fraction of sp³-hybridized carbons (Fsp3) is 0.500. The van der Waals surface area contributed by atoms with Crippen molar-refractivity contribution in [2.75, 3.05) is 21.1 Å². The molecular formula is C16H23N3O2S. The van der Waals surface area contributed by atoms with Gasteiger partial charge in [0.25, 0.3) is 0 Å². The summed E-state index contributed by atoms with van der Waals surface area (Å²) in [5, 5.41) is 1.16. The summed E-state index contributed by atoms with van der Waals surface area (Å²) in [5.74, 6) is 0.590. The molecule has 0 unspecified atom stereocenters. The fourth-order valence-corrected chi connectivity index (χ4v) is 3.93. The van der Waals surface area contributed by atoms with E-state index in [4.69, 9.17) is 0 Å². The third-order valence-corrected chi connectivity index (χ3v) is 6.06. The summed E-state index contributed by atoms with van der Waals surface area (Å²) in [5.41, 5.74) is 3.22. The molecule has 1 saturated carbocycles. The molecule has 0 radical (unpaired) electrons. The van der Waals surface area contributed by atoms with Crippen LogP contribution in [0.4, 0.5) is 0 Å². The second-order valence-corrected chi connectivity index (χ2v) is 8.30. The Morgan fingerprint density at radius 1 is 1.32 bits per heavy atom. The quantitative estimate of drug-likeness (QED) is 0.885. The molecule has 22 heavy (non-hydrogen) atoms.